The van der Waals surface area contributed by atoms with E-state index in [4.69, 9.17) is 0 Å². The van der Waals surface area contributed by atoms with Crippen molar-refractivity contribution in [2.75, 3.05) is 0 Å². The van der Waals surface area contributed by atoms with Crippen molar-refractivity contribution < 1.29 is 22.1 Å². The highest BCUT2D eigenvalue weighted by Gasteiger charge is 2.33. The Morgan fingerprint density at radius 3 is 2.54 bits per heavy atom. The van der Waals surface area contributed by atoms with Crippen LogP contribution in [0.4, 0.5) is 17.6 Å². The van der Waals surface area contributed by atoms with Crippen molar-refractivity contribution >= 4 is 0 Å². The van der Waals surface area contributed by atoms with Gasteiger partial charge in [0.1, 0.15) is 11.5 Å². The molecule has 0 saturated carbocycles. The fourth-order valence-corrected chi connectivity index (χ4v) is 2.12. The number of benzene rings is 1. The predicted octanol–water partition coefficient (Wildman–Crippen LogP) is 2.57. The van der Waals surface area contributed by atoms with Gasteiger partial charge >= 0.3 is 11.9 Å². The molecule has 0 saturated heterocycles. The molecule has 0 aliphatic heterocycles. The summed E-state index contributed by atoms with van der Waals surface area (Å²) in [6.07, 6.45) is -2.07. The normalized spacial score (nSPS) is 11.7. The first-order valence-corrected chi connectivity index (χ1v) is 6.56. The molecule has 6 nitrogen and oxygen atoms in total. The quantitative estimate of drug-likeness (QED) is 0.741. The summed E-state index contributed by atoms with van der Waals surface area (Å²) in [5.74, 6) is -2.14. The fraction of sp³-hybridized carbons (Fsp3) is 0.143. The highest BCUT2D eigenvalue weighted by atomic mass is 19.4. The Morgan fingerprint density at radius 2 is 1.92 bits per heavy atom. The van der Waals surface area contributed by atoms with Gasteiger partial charge in [-0.05, 0) is 17.7 Å². The van der Waals surface area contributed by atoms with Crippen LogP contribution in [0.15, 0.2) is 39.9 Å². The molecule has 2 aromatic heterocycles. The summed E-state index contributed by atoms with van der Waals surface area (Å²) in [7, 11) is 0. The van der Waals surface area contributed by atoms with E-state index in [0.29, 0.717) is 11.8 Å². The molecule has 0 spiro atoms. The summed E-state index contributed by atoms with van der Waals surface area (Å²) < 4.78 is 55.8. The van der Waals surface area contributed by atoms with Crippen LogP contribution in [-0.2, 0) is 12.6 Å². The average Bonchev–Trinajstić information content (AvgIpc) is 2.93. The van der Waals surface area contributed by atoms with Crippen molar-refractivity contribution in [3.63, 3.8) is 0 Å². The van der Waals surface area contributed by atoms with E-state index in [-0.39, 0.29) is 23.5 Å². The monoisotopic (exact) mass is 340 g/mol. The lowest BCUT2D eigenvalue weighted by molar-refractivity contribution is -0.140. The highest BCUT2D eigenvalue weighted by Crippen LogP contribution is 2.32. The van der Waals surface area contributed by atoms with Crippen LogP contribution in [0.2, 0.25) is 0 Å². The molecule has 0 unspecified atom stereocenters. The Balaban J connectivity index is 1.95. The molecule has 24 heavy (non-hydrogen) atoms. The molecule has 1 N–H and O–H groups in total. The standard InChI is InChI=1S/C14H8F4N4O2/c15-9-5-7(1-2-8(9)14(16,17)18)6-10-11(20-4-3-19-10)12-21-13(23)24-22-12/h1-5H,6H2,(H,21,22,23). The lowest BCUT2D eigenvalue weighted by Crippen LogP contribution is -2.08. The van der Waals surface area contributed by atoms with Gasteiger partial charge in [-0.15, -0.1) is 0 Å². The largest absolute Gasteiger partial charge is 0.439 e. The number of hydrogen-bond acceptors (Lipinski definition) is 5. The molecule has 1 aromatic carbocycles. The minimum Gasteiger partial charge on any atom is -0.296 e. The van der Waals surface area contributed by atoms with Gasteiger partial charge in [-0.3, -0.25) is 14.5 Å². The van der Waals surface area contributed by atoms with Crippen LogP contribution in [0.5, 0.6) is 0 Å². The molecule has 3 rings (SSSR count). The number of aromatic amines is 1. The average molecular weight is 340 g/mol. The third kappa shape index (κ3) is 3.16. The van der Waals surface area contributed by atoms with Gasteiger partial charge in [0.25, 0.3) is 0 Å². The van der Waals surface area contributed by atoms with Crippen molar-refractivity contribution in [1.29, 1.82) is 0 Å². The molecular formula is C14H8F4N4O2. The number of alkyl halides is 3. The van der Waals surface area contributed by atoms with Gasteiger partial charge in [-0.25, -0.2) is 14.2 Å². The van der Waals surface area contributed by atoms with Gasteiger partial charge in [-0.1, -0.05) is 11.2 Å². The molecule has 2 heterocycles. The minimum atomic E-state index is -4.76. The lowest BCUT2D eigenvalue weighted by atomic mass is 10.0. The predicted molar refractivity (Wildman–Crippen MR) is 72.4 cm³/mol. The zero-order valence-electron chi connectivity index (χ0n) is 11.8. The number of aromatic nitrogens is 4. The Bertz CT molecular complexity index is 933. The first kappa shape index (κ1) is 15.8. The lowest BCUT2D eigenvalue weighted by Gasteiger charge is -2.10. The van der Waals surface area contributed by atoms with Crippen LogP contribution in [0.3, 0.4) is 0 Å². The summed E-state index contributed by atoms with van der Waals surface area (Å²) in [5, 5.41) is 3.48. The van der Waals surface area contributed by atoms with Crippen molar-refractivity contribution in [2.24, 2.45) is 0 Å². The van der Waals surface area contributed by atoms with Crippen LogP contribution in [-0.4, -0.2) is 20.1 Å². The van der Waals surface area contributed by atoms with E-state index in [1.807, 2.05) is 0 Å². The smallest absolute Gasteiger partial charge is 0.296 e. The SMILES string of the molecule is O=c1[nH]c(-c2nccnc2Cc2ccc(C(F)(F)F)c(F)c2)no1. The first-order valence-electron chi connectivity index (χ1n) is 6.56. The van der Waals surface area contributed by atoms with E-state index in [9.17, 15) is 22.4 Å². The number of halogens is 4. The Morgan fingerprint density at radius 1 is 1.17 bits per heavy atom. The van der Waals surface area contributed by atoms with Crippen molar-refractivity contribution in [2.45, 2.75) is 12.6 Å². The molecule has 3 aromatic rings. The van der Waals surface area contributed by atoms with Crippen molar-refractivity contribution in [1.82, 2.24) is 20.1 Å². The van der Waals surface area contributed by atoms with Crippen molar-refractivity contribution in [3.05, 3.63) is 63.8 Å². The van der Waals surface area contributed by atoms with Crippen LogP contribution >= 0.6 is 0 Å². The van der Waals surface area contributed by atoms with E-state index in [1.54, 1.807) is 0 Å². The van der Waals surface area contributed by atoms with Crippen molar-refractivity contribution in [3.8, 4) is 11.5 Å². The van der Waals surface area contributed by atoms with Gasteiger partial charge in [0.2, 0.25) is 5.82 Å². The van der Waals surface area contributed by atoms with Crippen LogP contribution in [0.25, 0.3) is 11.5 Å². The third-order valence-corrected chi connectivity index (χ3v) is 3.15. The van der Waals surface area contributed by atoms with Crippen LogP contribution < -0.4 is 5.76 Å². The Hall–Kier alpha value is -3.04. The number of rotatable bonds is 3. The topological polar surface area (TPSA) is 84.7 Å². The second-order valence-electron chi connectivity index (χ2n) is 4.78. The van der Waals surface area contributed by atoms with Gasteiger partial charge in [-0.2, -0.15) is 13.2 Å². The molecule has 0 radical (unpaired) electrons. The number of H-pyrrole nitrogens is 1. The summed E-state index contributed by atoms with van der Waals surface area (Å²) in [6, 6.07) is 2.60. The van der Waals surface area contributed by atoms with Gasteiger partial charge < -0.3 is 0 Å². The molecule has 0 fully saturated rings. The third-order valence-electron chi connectivity index (χ3n) is 3.15. The summed E-state index contributed by atoms with van der Waals surface area (Å²) in [5.41, 5.74) is -0.607. The molecule has 0 amide bonds. The maximum absolute atomic E-state index is 13.6. The summed E-state index contributed by atoms with van der Waals surface area (Å²) in [6.45, 7) is 0. The fourth-order valence-electron chi connectivity index (χ4n) is 2.12. The molecule has 0 aliphatic carbocycles. The van der Waals surface area contributed by atoms with Gasteiger partial charge in [0, 0.05) is 18.8 Å². The molecule has 0 aliphatic rings. The van der Waals surface area contributed by atoms with Gasteiger partial charge in [0.15, 0.2) is 0 Å². The number of hydrogen-bond donors (Lipinski definition) is 1. The van der Waals surface area contributed by atoms with E-state index in [1.165, 1.54) is 12.4 Å². The zero-order valence-corrected chi connectivity index (χ0v) is 11.8. The van der Waals surface area contributed by atoms with Gasteiger partial charge in [0.05, 0.1) is 11.3 Å². The number of nitrogens with one attached hydrogen (secondary N) is 1. The molecule has 10 heteroatoms. The van der Waals surface area contributed by atoms with E-state index < -0.39 is 23.3 Å². The zero-order chi connectivity index (χ0) is 17.3. The Kier molecular flexibility index (Phi) is 3.87. The first-order chi connectivity index (χ1) is 11.3. The molecular weight excluding hydrogens is 332 g/mol. The second-order valence-corrected chi connectivity index (χ2v) is 4.78. The molecule has 124 valence electrons. The number of nitrogens with zero attached hydrogens (tertiary/aromatic N) is 3. The second kappa shape index (κ2) is 5.87. The maximum atomic E-state index is 13.6. The van der Waals surface area contributed by atoms with Crippen LogP contribution in [0.1, 0.15) is 16.8 Å². The molecule has 0 bridgehead atoms. The van der Waals surface area contributed by atoms with Crippen LogP contribution in [0, 0.1) is 5.82 Å². The van der Waals surface area contributed by atoms with E-state index >= 15 is 0 Å². The molecule has 0 atom stereocenters. The minimum absolute atomic E-state index is 0.00682. The van der Waals surface area contributed by atoms with E-state index in [0.717, 1.165) is 12.1 Å². The summed E-state index contributed by atoms with van der Waals surface area (Å²) >= 11 is 0. The van der Waals surface area contributed by atoms with E-state index in [2.05, 4.69) is 24.6 Å². The summed E-state index contributed by atoms with van der Waals surface area (Å²) in [4.78, 5) is 21.4. The Labute approximate surface area is 131 Å². The highest BCUT2D eigenvalue weighted by molar-refractivity contribution is 5.52. The maximum Gasteiger partial charge on any atom is 0.439 e.